The van der Waals surface area contributed by atoms with Crippen LogP contribution in [-0.4, -0.2) is 4.99 Å². The number of aryl methyl sites for hydroxylation is 1. The van der Waals surface area contributed by atoms with Crippen LogP contribution in [0.5, 0.6) is 0 Å². The number of halogens is 1. The number of fused-ring (bicyclic) bond motifs is 2. The fourth-order valence-electron chi connectivity index (χ4n) is 1.82. The highest BCUT2D eigenvalue weighted by atomic mass is 35.5. The molecule has 2 heterocycles. The Bertz CT molecular complexity index is 619. The summed E-state index contributed by atoms with van der Waals surface area (Å²) >= 11 is 13.1. The summed E-state index contributed by atoms with van der Waals surface area (Å²) in [4.78, 5) is 1.97. The van der Waals surface area contributed by atoms with Crippen LogP contribution in [0.1, 0.15) is 10.4 Å². The smallest absolute Gasteiger partial charge is 0.114 e. The molecule has 1 aromatic heterocycles. The summed E-state index contributed by atoms with van der Waals surface area (Å²) in [7, 11) is 0. The Balaban J connectivity index is 2.15. The van der Waals surface area contributed by atoms with E-state index in [1.165, 1.54) is 4.88 Å². The van der Waals surface area contributed by atoms with Crippen molar-refractivity contribution in [3.8, 4) is 0 Å². The molecule has 2 N–H and O–H groups in total. The predicted octanol–water partition coefficient (Wildman–Crippen LogP) is 4.55. The van der Waals surface area contributed by atoms with Crippen LogP contribution in [-0.2, 0) is 0 Å². The third kappa shape index (κ3) is 1.92. The number of rotatable bonds is 0. The first-order valence-corrected chi connectivity index (χ1v) is 6.72. The van der Waals surface area contributed by atoms with Crippen LogP contribution in [0.15, 0.2) is 24.3 Å². The number of anilines is 3. The molecule has 0 unspecified atom stereocenters. The largest absolute Gasteiger partial charge is 0.345 e. The summed E-state index contributed by atoms with van der Waals surface area (Å²) in [6.45, 7) is 2.08. The van der Waals surface area contributed by atoms with Gasteiger partial charge in [0.2, 0.25) is 0 Å². The first kappa shape index (κ1) is 11.0. The molecule has 5 heteroatoms. The van der Waals surface area contributed by atoms with Crippen molar-refractivity contribution in [2.75, 3.05) is 10.6 Å². The fraction of sp³-hybridized carbons (Fsp3) is 0.0833. The first-order valence-electron chi connectivity index (χ1n) is 5.12. The van der Waals surface area contributed by atoms with Gasteiger partial charge in [-0.2, -0.15) is 0 Å². The van der Waals surface area contributed by atoms with E-state index in [2.05, 4.69) is 23.6 Å². The van der Waals surface area contributed by atoms with Gasteiger partial charge in [0.05, 0.1) is 11.4 Å². The van der Waals surface area contributed by atoms with Crippen LogP contribution >= 0.6 is 35.2 Å². The van der Waals surface area contributed by atoms with E-state index in [1.807, 2.05) is 18.2 Å². The van der Waals surface area contributed by atoms with Crippen molar-refractivity contribution in [1.29, 1.82) is 0 Å². The van der Waals surface area contributed by atoms with Crippen molar-refractivity contribution in [3.63, 3.8) is 0 Å². The zero-order chi connectivity index (χ0) is 12.0. The van der Waals surface area contributed by atoms with E-state index in [9.17, 15) is 0 Å². The Morgan fingerprint density at radius 3 is 2.82 bits per heavy atom. The molecule has 2 nitrogen and oxygen atoms in total. The van der Waals surface area contributed by atoms with Crippen molar-refractivity contribution in [2.24, 2.45) is 0 Å². The van der Waals surface area contributed by atoms with E-state index in [4.69, 9.17) is 23.8 Å². The molecule has 0 spiro atoms. The highest BCUT2D eigenvalue weighted by Gasteiger charge is 2.18. The summed E-state index contributed by atoms with van der Waals surface area (Å²) in [5.41, 5.74) is 2.97. The third-order valence-corrected chi connectivity index (χ3v) is 4.10. The first-order chi connectivity index (χ1) is 8.13. The van der Waals surface area contributed by atoms with Gasteiger partial charge >= 0.3 is 0 Å². The Morgan fingerprint density at radius 2 is 2.00 bits per heavy atom. The zero-order valence-electron chi connectivity index (χ0n) is 9.00. The molecule has 1 aliphatic heterocycles. The summed E-state index contributed by atoms with van der Waals surface area (Å²) in [5.74, 6) is 0. The van der Waals surface area contributed by atoms with Gasteiger partial charge < -0.3 is 10.6 Å². The number of thiophene rings is 1. The van der Waals surface area contributed by atoms with Gasteiger partial charge in [-0.1, -0.05) is 23.8 Å². The van der Waals surface area contributed by atoms with Crippen molar-refractivity contribution in [2.45, 2.75) is 6.92 Å². The van der Waals surface area contributed by atoms with Gasteiger partial charge in [0.15, 0.2) is 0 Å². The fourth-order valence-corrected chi connectivity index (χ4v) is 3.25. The molecule has 0 aliphatic carbocycles. The van der Waals surface area contributed by atoms with E-state index < -0.39 is 0 Å². The van der Waals surface area contributed by atoms with Crippen LogP contribution in [0.2, 0.25) is 5.02 Å². The normalized spacial score (nSPS) is 13.2. The van der Waals surface area contributed by atoms with E-state index in [-0.39, 0.29) is 0 Å². The number of benzene rings is 1. The Labute approximate surface area is 114 Å². The molecule has 2 aromatic rings. The van der Waals surface area contributed by atoms with Crippen LogP contribution in [0.3, 0.4) is 0 Å². The molecule has 0 fully saturated rings. The molecule has 0 atom stereocenters. The number of hydrogen-bond donors (Lipinski definition) is 2. The van der Waals surface area contributed by atoms with Crippen LogP contribution in [0.4, 0.5) is 16.4 Å². The van der Waals surface area contributed by atoms with Crippen molar-refractivity contribution >= 4 is 56.5 Å². The highest BCUT2D eigenvalue weighted by molar-refractivity contribution is 7.81. The van der Waals surface area contributed by atoms with Gasteiger partial charge in [-0.15, -0.1) is 11.3 Å². The monoisotopic (exact) mass is 280 g/mol. The van der Waals surface area contributed by atoms with Crippen molar-refractivity contribution in [3.05, 3.63) is 39.7 Å². The SMILES string of the molecule is Cc1cc2c(s1)Nc1ccc(Cl)cc1NC2=S. The summed E-state index contributed by atoms with van der Waals surface area (Å²) in [6.07, 6.45) is 0. The van der Waals surface area contributed by atoms with Gasteiger partial charge in [0.1, 0.15) is 9.99 Å². The molecular formula is C12H9ClN2S2. The lowest BCUT2D eigenvalue weighted by Gasteiger charge is -2.08. The lowest BCUT2D eigenvalue weighted by molar-refractivity contribution is 1.61. The third-order valence-electron chi connectivity index (χ3n) is 2.58. The summed E-state index contributed by atoms with van der Waals surface area (Å²) in [5, 5.41) is 8.40. The lowest BCUT2D eigenvalue weighted by Crippen LogP contribution is -2.08. The van der Waals surface area contributed by atoms with Gasteiger partial charge in [0, 0.05) is 15.5 Å². The van der Waals surface area contributed by atoms with Crippen molar-refractivity contribution < 1.29 is 0 Å². The topological polar surface area (TPSA) is 24.1 Å². The minimum atomic E-state index is 0.697. The van der Waals surface area contributed by atoms with Crippen LogP contribution < -0.4 is 10.6 Å². The van der Waals surface area contributed by atoms with E-state index >= 15 is 0 Å². The molecule has 1 aliphatic rings. The maximum Gasteiger partial charge on any atom is 0.114 e. The van der Waals surface area contributed by atoms with Crippen molar-refractivity contribution in [1.82, 2.24) is 0 Å². The second-order valence-electron chi connectivity index (χ2n) is 3.87. The second kappa shape index (κ2) is 3.98. The molecule has 0 amide bonds. The lowest BCUT2D eigenvalue weighted by atomic mass is 10.2. The standard InChI is InChI=1S/C12H9ClN2S2/c1-6-4-8-11(16)14-10-5-7(13)2-3-9(10)15-12(8)17-6/h2-5,15H,1H3,(H,14,16). The van der Waals surface area contributed by atoms with E-state index in [0.717, 1.165) is 26.9 Å². The number of nitrogens with one attached hydrogen (secondary N) is 2. The average Bonchev–Trinajstić information content (AvgIpc) is 2.58. The molecule has 86 valence electrons. The van der Waals surface area contributed by atoms with E-state index in [0.29, 0.717) is 5.02 Å². The molecule has 3 rings (SSSR count). The molecule has 17 heavy (non-hydrogen) atoms. The average molecular weight is 281 g/mol. The molecule has 0 saturated carbocycles. The van der Waals surface area contributed by atoms with Gasteiger partial charge in [-0.3, -0.25) is 0 Å². The molecule has 0 saturated heterocycles. The maximum absolute atomic E-state index is 5.98. The number of thiocarbonyl (C=S) groups is 1. The summed E-state index contributed by atoms with van der Waals surface area (Å²) in [6, 6.07) is 7.79. The maximum atomic E-state index is 5.98. The van der Waals surface area contributed by atoms with Gasteiger partial charge in [-0.05, 0) is 31.2 Å². The Kier molecular flexibility index (Phi) is 2.58. The highest BCUT2D eigenvalue weighted by Crippen LogP contribution is 2.38. The molecule has 1 aromatic carbocycles. The quantitative estimate of drug-likeness (QED) is 0.692. The Hall–Kier alpha value is -1.10. The van der Waals surface area contributed by atoms with E-state index in [1.54, 1.807) is 11.3 Å². The Morgan fingerprint density at radius 1 is 1.18 bits per heavy atom. The molecular weight excluding hydrogens is 272 g/mol. The minimum absolute atomic E-state index is 0.697. The predicted molar refractivity (Wildman–Crippen MR) is 79.1 cm³/mol. The molecule has 0 radical (unpaired) electrons. The summed E-state index contributed by atoms with van der Waals surface area (Å²) < 4.78 is 0. The molecule has 0 bridgehead atoms. The zero-order valence-corrected chi connectivity index (χ0v) is 11.4. The van der Waals surface area contributed by atoms with Crippen LogP contribution in [0, 0.1) is 6.92 Å². The minimum Gasteiger partial charge on any atom is -0.345 e. The number of hydrogen-bond acceptors (Lipinski definition) is 3. The second-order valence-corrected chi connectivity index (χ2v) is 5.97. The van der Waals surface area contributed by atoms with Gasteiger partial charge in [-0.25, -0.2) is 0 Å². The van der Waals surface area contributed by atoms with Crippen LogP contribution in [0.25, 0.3) is 0 Å². The van der Waals surface area contributed by atoms with Gasteiger partial charge in [0.25, 0.3) is 0 Å².